The molecule has 2 fully saturated rings. The second-order valence-electron chi connectivity index (χ2n) is 6.21. The molecule has 0 aromatic heterocycles. The van der Waals surface area contributed by atoms with E-state index in [2.05, 4.69) is 11.2 Å². The number of terminal acetylenes is 1. The maximum Gasteiger partial charge on any atom is 0.00981 e. The van der Waals surface area contributed by atoms with Gasteiger partial charge in [-0.15, -0.1) is 12.3 Å². The highest BCUT2D eigenvalue weighted by molar-refractivity contribution is 4.88. The third-order valence-corrected chi connectivity index (χ3v) is 4.98. The smallest absolute Gasteiger partial charge is 0.00981 e. The van der Waals surface area contributed by atoms with Gasteiger partial charge in [-0.2, -0.15) is 0 Å². The summed E-state index contributed by atoms with van der Waals surface area (Å²) >= 11 is 0. The number of nitrogens with one attached hydrogen (secondary N) is 1. The first-order chi connectivity index (χ1) is 8.92. The van der Waals surface area contributed by atoms with E-state index in [1.807, 2.05) is 0 Å². The number of rotatable bonds is 5. The van der Waals surface area contributed by atoms with Crippen molar-refractivity contribution in [3.63, 3.8) is 0 Å². The Balaban J connectivity index is 1.79. The fourth-order valence-corrected chi connectivity index (χ4v) is 4.02. The van der Waals surface area contributed by atoms with E-state index in [4.69, 9.17) is 6.42 Å². The van der Waals surface area contributed by atoms with E-state index >= 15 is 0 Å². The standard InChI is InChI=1S/C17H29N/c1-2-3-9-14-18-17-13-8-7-12-16(17)15-10-5-4-6-11-15/h1,15-18H,3-14H2. The lowest BCUT2D eigenvalue weighted by Gasteiger charge is -2.39. The monoisotopic (exact) mass is 247 g/mol. The first-order valence-corrected chi connectivity index (χ1v) is 8.08. The Morgan fingerprint density at radius 2 is 1.67 bits per heavy atom. The van der Waals surface area contributed by atoms with Gasteiger partial charge in [0.2, 0.25) is 0 Å². The zero-order valence-electron chi connectivity index (χ0n) is 11.8. The minimum atomic E-state index is 0.791. The van der Waals surface area contributed by atoms with Crippen LogP contribution in [0.2, 0.25) is 0 Å². The fourth-order valence-electron chi connectivity index (χ4n) is 4.02. The summed E-state index contributed by atoms with van der Waals surface area (Å²) in [4.78, 5) is 0. The van der Waals surface area contributed by atoms with Crippen molar-refractivity contribution in [2.45, 2.75) is 76.7 Å². The molecule has 0 amide bonds. The second-order valence-corrected chi connectivity index (χ2v) is 6.21. The lowest BCUT2D eigenvalue weighted by atomic mass is 9.71. The van der Waals surface area contributed by atoms with Crippen LogP contribution in [0.25, 0.3) is 0 Å². The van der Waals surface area contributed by atoms with E-state index in [0.717, 1.165) is 37.3 Å². The van der Waals surface area contributed by atoms with Gasteiger partial charge in [-0.25, -0.2) is 0 Å². The van der Waals surface area contributed by atoms with Crippen molar-refractivity contribution in [3.8, 4) is 12.3 Å². The summed E-state index contributed by atoms with van der Waals surface area (Å²) < 4.78 is 0. The molecule has 2 aliphatic rings. The molecule has 0 aliphatic heterocycles. The third-order valence-electron chi connectivity index (χ3n) is 4.98. The largest absolute Gasteiger partial charge is 0.314 e. The molecule has 1 nitrogen and oxygen atoms in total. The minimum absolute atomic E-state index is 0.791. The minimum Gasteiger partial charge on any atom is -0.314 e. The summed E-state index contributed by atoms with van der Waals surface area (Å²) in [5, 5.41) is 3.81. The van der Waals surface area contributed by atoms with E-state index in [0.29, 0.717) is 0 Å². The van der Waals surface area contributed by atoms with Crippen LogP contribution in [-0.2, 0) is 0 Å². The molecule has 0 spiro atoms. The van der Waals surface area contributed by atoms with Crippen LogP contribution in [0, 0.1) is 24.2 Å². The Bertz CT molecular complexity index is 259. The summed E-state index contributed by atoms with van der Waals surface area (Å²) in [5.74, 6) is 4.72. The molecule has 1 N–H and O–H groups in total. The molecule has 1 heteroatoms. The topological polar surface area (TPSA) is 12.0 Å². The van der Waals surface area contributed by atoms with Gasteiger partial charge in [-0.1, -0.05) is 44.9 Å². The Kier molecular flexibility index (Phi) is 6.08. The van der Waals surface area contributed by atoms with Crippen molar-refractivity contribution in [1.82, 2.24) is 5.32 Å². The van der Waals surface area contributed by atoms with Crippen molar-refractivity contribution >= 4 is 0 Å². The predicted octanol–water partition coefficient (Wildman–Crippen LogP) is 4.13. The Hall–Kier alpha value is -0.480. The van der Waals surface area contributed by atoms with Gasteiger partial charge in [-0.05, 0) is 37.6 Å². The van der Waals surface area contributed by atoms with Gasteiger partial charge in [0.25, 0.3) is 0 Å². The fraction of sp³-hybridized carbons (Fsp3) is 0.882. The van der Waals surface area contributed by atoms with E-state index in [9.17, 15) is 0 Å². The van der Waals surface area contributed by atoms with Crippen LogP contribution < -0.4 is 5.32 Å². The van der Waals surface area contributed by atoms with E-state index < -0.39 is 0 Å². The molecular weight excluding hydrogens is 218 g/mol. The molecule has 18 heavy (non-hydrogen) atoms. The molecule has 2 atom stereocenters. The summed E-state index contributed by atoms with van der Waals surface area (Å²) in [7, 11) is 0. The van der Waals surface area contributed by atoms with Gasteiger partial charge in [-0.3, -0.25) is 0 Å². The van der Waals surface area contributed by atoms with Crippen LogP contribution in [0.5, 0.6) is 0 Å². The first-order valence-electron chi connectivity index (χ1n) is 8.08. The lowest BCUT2D eigenvalue weighted by Crippen LogP contribution is -2.42. The summed E-state index contributed by atoms with van der Waals surface area (Å²) in [6.07, 6.45) is 20.6. The predicted molar refractivity (Wildman–Crippen MR) is 78.4 cm³/mol. The van der Waals surface area contributed by atoms with Crippen molar-refractivity contribution in [1.29, 1.82) is 0 Å². The van der Waals surface area contributed by atoms with Gasteiger partial charge >= 0.3 is 0 Å². The van der Waals surface area contributed by atoms with Crippen LogP contribution >= 0.6 is 0 Å². The molecule has 2 aliphatic carbocycles. The van der Waals surface area contributed by atoms with Crippen LogP contribution in [0.15, 0.2) is 0 Å². The molecule has 0 bridgehead atoms. The van der Waals surface area contributed by atoms with Crippen molar-refractivity contribution in [3.05, 3.63) is 0 Å². The summed E-state index contributed by atoms with van der Waals surface area (Å²) in [6, 6.07) is 0.791. The van der Waals surface area contributed by atoms with E-state index in [-0.39, 0.29) is 0 Å². The van der Waals surface area contributed by atoms with E-state index in [1.54, 1.807) is 0 Å². The Labute approximate surface area is 113 Å². The molecule has 0 heterocycles. The quantitative estimate of drug-likeness (QED) is 0.569. The normalized spacial score (nSPS) is 29.9. The molecule has 0 radical (unpaired) electrons. The van der Waals surface area contributed by atoms with Crippen LogP contribution in [0.4, 0.5) is 0 Å². The van der Waals surface area contributed by atoms with Gasteiger partial charge in [0.1, 0.15) is 0 Å². The highest BCUT2D eigenvalue weighted by Gasteiger charge is 2.31. The van der Waals surface area contributed by atoms with Gasteiger partial charge in [0.05, 0.1) is 0 Å². The number of unbranched alkanes of at least 4 members (excludes halogenated alkanes) is 1. The maximum absolute atomic E-state index is 5.31. The summed E-state index contributed by atoms with van der Waals surface area (Å²) in [5.41, 5.74) is 0. The molecule has 0 aromatic carbocycles. The zero-order valence-corrected chi connectivity index (χ0v) is 11.8. The third kappa shape index (κ3) is 4.02. The average Bonchev–Trinajstić information content (AvgIpc) is 2.45. The Morgan fingerprint density at radius 3 is 2.44 bits per heavy atom. The van der Waals surface area contributed by atoms with Crippen molar-refractivity contribution < 1.29 is 0 Å². The summed E-state index contributed by atoms with van der Waals surface area (Å²) in [6.45, 7) is 1.12. The highest BCUT2D eigenvalue weighted by atomic mass is 14.9. The van der Waals surface area contributed by atoms with Gasteiger partial charge in [0.15, 0.2) is 0 Å². The Morgan fingerprint density at radius 1 is 0.944 bits per heavy atom. The highest BCUT2D eigenvalue weighted by Crippen LogP contribution is 2.38. The van der Waals surface area contributed by atoms with Crippen LogP contribution in [-0.4, -0.2) is 12.6 Å². The van der Waals surface area contributed by atoms with E-state index in [1.165, 1.54) is 57.8 Å². The first kappa shape index (κ1) is 13.9. The van der Waals surface area contributed by atoms with Crippen LogP contribution in [0.3, 0.4) is 0 Å². The lowest BCUT2D eigenvalue weighted by molar-refractivity contribution is 0.150. The SMILES string of the molecule is C#CCCCNC1CCCCC1C1CCCCC1. The average molecular weight is 247 g/mol. The second kappa shape index (κ2) is 7.85. The molecule has 102 valence electrons. The van der Waals surface area contributed by atoms with Gasteiger partial charge < -0.3 is 5.32 Å². The molecule has 0 saturated heterocycles. The molecule has 2 rings (SSSR count). The maximum atomic E-state index is 5.31. The molecule has 2 unspecified atom stereocenters. The molecular formula is C17H29N. The molecule has 0 aromatic rings. The van der Waals surface area contributed by atoms with Crippen molar-refractivity contribution in [2.24, 2.45) is 11.8 Å². The number of hydrogen-bond donors (Lipinski definition) is 1. The number of hydrogen-bond acceptors (Lipinski definition) is 1. The van der Waals surface area contributed by atoms with Crippen LogP contribution in [0.1, 0.15) is 70.6 Å². The van der Waals surface area contributed by atoms with Gasteiger partial charge in [0, 0.05) is 12.5 Å². The molecule has 2 saturated carbocycles. The van der Waals surface area contributed by atoms with Crippen molar-refractivity contribution in [2.75, 3.05) is 6.54 Å². The zero-order chi connectivity index (χ0) is 12.6.